The molecule has 2 saturated heterocycles. The van der Waals surface area contributed by atoms with Crippen LogP contribution in [0.25, 0.3) is 0 Å². The molecular formula is C10H22O7. The summed E-state index contributed by atoms with van der Waals surface area (Å²) in [4.78, 5) is 0. The van der Waals surface area contributed by atoms with E-state index in [1.54, 1.807) is 0 Å². The number of aliphatic hydroxyl groups is 4. The largest absolute Gasteiger partial charge is 0.400 e. The molecule has 0 bridgehead atoms. The molecule has 17 heavy (non-hydrogen) atoms. The number of rotatable bonds is 4. The van der Waals surface area contributed by atoms with Crippen molar-refractivity contribution in [1.82, 2.24) is 0 Å². The van der Waals surface area contributed by atoms with Gasteiger partial charge in [-0.05, 0) is 0 Å². The lowest BCUT2D eigenvalue weighted by Gasteiger charge is -2.34. The van der Waals surface area contributed by atoms with Crippen LogP contribution in [0.2, 0.25) is 0 Å². The van der Waals surface area contributed by atoms with Crippen molar-refractivity contribution in [1.29, 1.82) is 0 Å². The fraction of sp³-hybridized carbons (Fsp3) is 1.00. The molecule has 2 rings (SSSR count). The molecule has 0 spiro atoms. The lowest BCUT2D eigenvalue weighted by atomic mass is 10.3. The average molecular weight is 254 g/mol. The first-order valence-electron chi connectivity index (χ1n) is 5.49. The Hall–Kier alpha value is -0.280. The molecule has 0 aromatic carbocycles. The van der Waals surface area contributed by atoms with E-state index in [2.05, 4.69) is 0 Å². The zero-order chi connectivity index (χ0) is 13.1. The fourth-order valence-corrected chi connectivity index (χ4v) is 0.870. The van der Waals surface area contributed by atoms with E-state index in [-0.39, 0.29) is 25.8 Å². The van der Waals surface area contributed by atoms with Gasteiger partial charge >= 0.3 is 0 Å². The van der Waals surface area contributed by atoms with Crippen LogP contribution in [0.5, 0.6) is 0 Å². The van der Waals surface area contributed by atoms with E-state index >= 15 is 0 Å². The number of aliphatic hydroxyl groups excluding tert-OH is 4. The van der Waals surface area contributed by atoms with Gasteiger partial charge in [-0.25, -0.2) is 0 Å². The maximum atomic E-state index is 8.17. The van der Waals surface area contributed by atoms with E-state index in [1.165, 1.54) is 0 Å². The Kier molecular flexibility index (Phi) is 10.7. The molecule has 2 fully saturated rings. The van der Waals surface area contributed by atoms with Crippen LogP contribution in [0.3, 0.4) is 0 Å². The minimum Gasteiger partial charge on any atom is -0.400 e. The summed E-state index contributed by atoms with van der Waals surface area (Å²) in [7, 11) is 1.00. The van der Waals surface area contributed by atoms with Crippen LogP contribution in [0.1, 0.15) is 12.8 Å². The molecule has 2 unspecified atom stereocenters. The highest BCUT2D eigenvalue weighted by Crippen LogP contribution is 2.20. The van der Waals surface area contributed by atoms with Gasteiger partial charge in [0.25, 0.3) is 0 Å². The number of ether oxygens (including phenoxy) is 3. The van der Waals surface area contributed by atoms with Gasteiger partial charge in [-0.3, -0.25) is 0 Å². The second kappa shape index (κ2) is 10.8. The topological polar surface area (TPSA) is 109 Å². The summed E-state index contributed by atoms with van der Waals surface area (Å²) in [6.07, 6.45) is 1.18. The smallest absolute Gasteiger partial charge is 0.162 e. The van der Waals surface area contributed by atoms with Gasteiger partial charge in [0.1, 0.15) is 6.10 Å². The number of hydrogen-bond donors (Lipinski definition) is 4. The normalized spacial score (nSPS) is 25.8. The molecule has 0 radical (unpaired) electrons. The molecule has 2 atom stereocenters. The van der Waals surface area contributed by atoms with E-state index in [1.807, 2.05) is 0 Å². The minimum atomic E-state index is -0.954. The van der Waals surface area contributed by atoms with Crippen LogP contribution in [-0.2, 0) is 14.2 Å². The second-order valence-electron chi connectivity index (χ2n) is 3.33. The Morgan fingerprint density at radius 1 is 1.06 bits per heavy atom. The summed E-state index contributed by atoms with van der Waals surface area (Å²) in [5.74, 6) is 0. The highest BCUT2D eigenvalue weighted by Gasteiger charge is 2.27. The van der Waals surface area contributed by atoms with Crippen LogP contribution in [-0.4, -0.2) is 72.6 Å². The molecule has 104 valence electrons. The van der Waals surface area contributed by atoms with Gasteiger partial charge < -0.3 is 34.6 Å². The summed E-state index contributed by atoms with van der Waals surface area (Å²) in [5, 5.41) is 31.0. The average Bonchev–Trinajstić information content (AvgIpc) is 2.27. The van der Waals surface area contributed by atoms with Gasteiger partial charge in [-0.2, -0.15) is 0 Å². The highest BCUT2D eigenvalue weighted by atomic mass is 16.8. The maximum absolute atomic E-state index is 8.17. The maximum Gasteiger partial charge on any atom is 0.162 e. The molecule has 7 nitrogen and oxygen atoms in total. The van der Waals surface area contributed by atoms with Crippen molar-refractivity contribution >= 4 is 0 Å². The molecule has 0 aliphatic carbocycles. The molecule has 2 aliphatic heterocycles. The minimum absolute atomic E-state index is 0.0373. The lowest BCUT2D eigenvalue weighted by Crippen LogP contribution is -2.39. The third-order valence-electron chi connectivity index (χ3n) is 2.04. The summed E-state index contributed by atoms with van der Waals surface area (Å²) in [5.41, 5.74) is 0. The van der Waals surface area contributed by atoms with Gasteiger partial charge in [0.05, 0.1) is 26.4 Å². The Morgan fingerprint density at radius 3 is 1.53 bits per heavy atom. The Labute approximate surface area is 101 Å². The SMILES string of the molecule is C1CC(OC2CCO2)O1.CO.OCC(O)CO. The molecule has 0 aromatic heterocycles. The predicted molar refractivity (Wildman–Crippen MR) is 58.1 cm³/mol. The van der Waals surface area contributed by atoms with Gasteiger partial charge in [0.15, 0.2) is 12.6 Å². The molecule has 2 heterocycles. The summed E-state index contributed by atoms with van der Waals surface area (Å²) in [6, 6.07) is 0. The van der Waals surface area contributed by atoms with E-state index in [0.717, 1.165) is 33.2 Å². The van der Waals surface area contributed by atoms with E-state index in [9.17, 15) is 0 Å². The van der Waals surface area contributed by atoms with Crippen molar-refractivity contribution in [2.75, 3.05) is 33.5 Å². The van der Waals surface area contributed by atoms with Crippen molar-refractivity contribution < 1.29 is 34.6 Å². The van der Waals surface area contributed by atoms with Crippen molar-refractivity contribution in [2.45, 2.75) is 31.5 Å². The second-order valence-corrected chi connectivity index (χ2v) is 3.33. The predicted octanol–water partition coefficient (Wildman–Crippen LogP) is -1.56. The molecule has 7 heteroatoms. The standard InChI is InChI=1S/C6H10O3.C3H8O3.CH4O/c1-3-7-5(1)9-6-2-4-8-6;4-1-3(6)2-5;1-2/h5-6H,1-4H2;3-6H,1-2H2;2H,1H3. The molecule has 0 amide bonds. The fourth-order valence-electron chi connectivity index (χ4n) is 0.870. The van der Waals surface area contributed by atoms with E-state index in [0.29, 0.717) is 0 Å². The Balaban J connectivity index is 0.000000283. The van der Waals surface area contributed by atoms with E-state index < -0.39 is 6.10 Å². The third-order valence-corrected chi connectivity index (χ3v) is 2.04. The summed E-state index contributed by atoms with van der Waals surface area (Å²) < 4.78 is 15.3. The van der Waals surface area contributed by atoms with Crippen molar-refractivity contribution in [3.8, 4) is 0 Å². The molecule has 0 aromatic rings. The molecule has 0 saturated carbocycles. The van der Waals surface area contributed by atoms with Crippen LogP contribution < -0.4 is 0 Å². The van der Waals surface area contributed by atoms with Crippen molar-refractivity contribution in [3.63, 3.8) is 0 Å². The lowest BCUT2D eigenvalue weighted by molar-refractivity contribution is -0.320. The zero-order valence-electron chi connectivity index (χ0n) is 9.99. The third kappa shape index (κ3) is 7.61. The van der Waals surface area contributed by atoms with Crippen molar-refractivity contribution in [2.24, 2.45) is 0 Å². The molecule has 2 aliphatic rings. The van der Waals surface area contributed by atoms with Crippen molar-refractivity contribution in [3.05, 3.63) is 0 Å². The number of hydrogen-bond acceptors (Lipinski definition) is 7. The quantitative estimate of drug-likeness (QED) is 0.480. The summed E-state index contributed by atoms with van der Waals surface area (Å²) in [6.45, 7) is 0.960. The van der Waals surface area contributed by atoms with Gasteiger partial charge in [0, 0.05) is 20.0 Å². The van der Waals surface area contributed by atoms with Gasteiger partial charge in [-0.15, -0.1) is 0 Å². The molecule has 4 N–H and O–H groups in total. The first-order chi connectivity index (χ1) is 8.26. The van der Waals surface area contributed by atoms with E-state index in [4.69, 9.17) is 34.6 Å². The highest BCUT2D eigenvalue weighted by molar-refractivity contribution is 4.60. The Morgan fingerprint density at radius 2 is 1.41 bits per heavy atom. The Bertz CT molecular complexity index is 143. The zero-order valence-corrected chi connectivity index (χ0v) is 9.99. The monoisotopic (exact) mass is 254 g/mol. The first kappa shape index (κ1) is 16.7. The molecular weight excluding hydrogens is 232 g/mol. The summed E-state index contributed by atoms with van der Waals surface area (Å²) >= 11 is 0. The van der Waals surface area contributed by atoms with Crippen LogP contribution in [0, 0.1) is 0 Å². The van der Waals surface area contributed by atoms with Crippen LogP contribution >= 0.6 is 0 Å². The van der Waals surface area contributed by atoms with Crippen LogP contribution in [0.4, 0.5) is 0 Å². The van der Waals surface area contributed by atoms with Gasteiger partial charge in [-0.1, -0.05) is 0 Å². The first-order valence-corrected chi connectivity index (χ1v) is 5.49. The van der Waals surface area contributed by atoms with Crippen LogP contribution in [0.15, 0.2) is 0 Å². The van der Waals surface area contributed by atoms with Gasteiger partial charge in [0.2, 0.25) is 0 Å².